The van der Waals surface area contributed by atoms with Gasteiger partial charge in [0.1, 0.15) is 0 Å². The molecule has 1 rings (SSSR count). The van der Waals surface area contributed by atoms with Gasteiger partial charge in [0.25, 0.3) is 0 Å². The minimum absolute atomic E-state index is 0.0925. The Balaban J connectivity index is 2.33. The van der Waals surface area contributed by atoms with E-state index in [4.69, 9.17) is 0 Å². The SMILES string of the molecule is CNC(=O)CC1=CC=CC1. The van der Waals surface area contributed by atoms with Crippen molar-refractivity contribution in [2.45, 2.75) is 12.8 Å². The highest BCUT2D eigenvalue weighted by Gasteiger charge is 2.03. The molecule has 0 radical (unpaired) electrons. The molecule has 0 heterocycles. The van der Waals surface area contributed by atoms with Gasteiger partial charge in [-0.15, -0.1) is 0 Å². The minimum Gasteiger partial charge on any atom is -0.359 e. The van der Waals surface area contributed by atoms with Crippen LogP contribution in [0.25, 0.3) is 0 Å². The lowest BCUT2D eigenvalue weighted by atomic mass is 10.1. The van der Waals surface area contributed by atoms with Gasteiger partial charge in [0.05, 0.1) is 0 Å². The third-order valence-corrected chi connectivity index (χ3v) is 1.51. The zero-order chi connectivity index (χ0) is 7.40. The molecule has 1 aliphatic rings. The third kappa shape index (κ3) is 1.72. The molecule has 0 aromatic carbocycles. The Hall–Kier alpha value is -1.05. The Morgan fingerprint density at radius 1 is 1.80 bits per heavy atom. The van der Waals surface area contributed by atoms with Crippen LogP contribution in [0.15, 0.2) is 23.8 Å². The number of carbonyl (C=O) groups excluding carboxylic acids is 1. The van der Waals surface area contributed by atoms with E-state index >= 15 is 0 Å². The van der Waals surface area contributed by atoms with Gasteiger partial charge in [-0.1, -0.05) is 23.8 Å². The van der Waals surface area contributed by atoms with Gasteiger partial charge in [0, 0.05) is 13.5 Å². The fourth-order valence-electron chi connectivity index (χ4n) is 0.917. The van der Waals surface area contributed by atoms with Crippen LogP contribution in [0.3, 0.4) is 0 Å². The summed E-state index contributed by atoms with van der Waals surface area (Å²) in [5.74, 6) is 0.0925. The van der Waals surface area contributed by atoms with Crippen LogP contribution in [0.2, 0.25) is 0 Å². The zero-order valence-electron chi connectivity index (χ0n) is 6.05. The second-order valence-corrected chi connectivity index (χ2v) is 2.31. The van der Waals surface area contributed by atoms with Crippen LogP contribution >= 0.6 is 0 Å². The van der Waals surface area contributed by atoms with Crippen molar-refractivity contribution >= 4 is 5.91 Å². The van der Waals surface area contributed by atoms with E-state index in [0.717, 1.165) is 6.42 Å². The van der Waals surface area contributed by atoms with Gasteiger partial charge < -0.3 is 5.32 Å². The molecule has 0 bridgehead atoms. The summed E-state index contributed by atoms with van der Waals surface area (Å²) < 4.78 is 0. The lowest BCUT2D eigenvalue weighted by molar-refractivity contribution is -0.119. The Bertz CT molecular complexity index is 191. The van der Waals surface area contributed by atoms with Crippen molar-refractivity contribution < 1.29 is 4.79 Å². The molecule has 1 aliphatic carbocycles. The molecule has 0 aliphatic heterocycles. The lowest BCUT2D eigenvalue weighted by Gasteiger charge is -1.98. The van der Waals surface area contributed by atoms with Crippen LogP contribution in [-0.4, -0.2) is 13.0 Å². The molecule has 0 atom stereocenters. The molecule has 0 unspecified atom stereocenters. The average molecular weight is 137 g/mol. The average Bonchev–Trinajstić information content (AvgIpc) is 2.40. The third-order valence-electron chi connectivity index (χ3n) is 1.51. The molecule has 1 N–H and O–H groups in total. The maximum Gasteiger partial charge on any atom is 0.223 e. The summed E-state index contributed by atoms with van der Waals surface area (Å²) in [5, 5.41) is 2.58. The van der Waals surface area contributed by atoms with E-state index in [0.29, 0.717) is 6.42 Å². The minimum atomic E-state index is 0.0925. The summed E-state index contributed by atoms with van der Waals surface area (Å²) in [4.78, 5) is 10.8. The van der Waals surface area contributed by atoms with Crippen LogP contribution in [0.4, 0.5) is 0 Å². The molecule has 0 aromatic heterocycles. The smallest absolute Gasteiger partial charge is 0.223 e. The lowest BCUT2D eigenvalue weighted by Crippen LogP contribution is -2.17. The van der Waals surface area contributed by atoms with E-state index in [-0.39, 0.29) is 5.91 Å². The number of rotatable bonds is 2. The molecule has 0 aromatic rings. The monoisotopic (exact) mass is 137 g/mol. The number of hydrogen-bond acceptors (Lipinski definition) is 1. The second kappa shape index (κ2) is 3.20. The van der Waals surface area contributed by atoms with Gasteiger partial charge >= 0.3 is 0 Å². The fraction of sp³-hybridized carbons (Fsp3) is 0.375. The number of hydrogen-bond donors (Lipinski definition) is 1. The Kier molecular flexibility index (Phi) is 2.26. The van der Waals surface area contributed by atoms with Gasteiger partial charge in [-0.05, 0) is 6.42 Å². The number of allylic oxidation sites excluding steroid dienone is 3. The first-order valence-electron chi connectivity index (χ1n) is 3.38. The van der Waals surface area contributed by atoms with Gasteiger partial charge in [0.2, 0.25) is 5.91 Å². The first-order chi connectivity index (χ1) is 4.83. The Labute approximate surface area is 60.6 Å². The van der Waals surface area contributed by atoms with Gasteiger partial charge in [0.15, 0.2) is 0 Å². The predicted molar refractivity (Wildman–Crippen MR) is 40.5 cm³/mol. The summed E-state index contributed by atoms with van der Waals surface area (Å²) in [6.45, 7) is 0. The number of nitrogens with one attached hydrogen (secondary N) is 1. The van der Waals surface area contributed by atoms with E-state index in [1.807, 2.05) is 12.2 Å². The van der Waals surface area contributed by atoms with E-state index in [1.165, 1.54) is 5.57 Å². The van der Waals surface area contributed by atoms with E-state index < -0.39 is 0 Å². The van der Waals surface area contributed by atoms with Crippen molar-refractivity contribution in [1.82, 2.24) is 5.32 Å². The van der Waals surface area contributed by atoms with Gasteiger partial charge in [-0.3, -0.25) is 4.79 Å². The fourth-order valence-corrected chi connectivity index (χ4v) is 0.917. The van der Waals surface area contributed by atoms with Crippen LogP contribution in [0, 0.1) is 0 Å². The predicted octanol–water partition coefficient (Wildman–Crippen LogP) is 1.01. The largest absolute Gasteiger partial charge is 0.359 e. The molecule has 2 heteroatoms. The van der Waals surface area contributed by atoms with Crippen molar-refractivity contribution in [2.24, 2.45) is 0 Å². The molecule has 0 spiro atoms. The second-order valence-electron chi connectivity index (χ2n) is 2.31. The quantitative estimate of drug-likeness (QED) is 0.604. The van der Waals surface area contributed by atoms with Crippen molar-refractivity contribution in [2.75, 3.05) is 7.05 Å². The van der Waals surface area contributed by atoms with Crippen molar-refractivity contribution in [3.63, 3.8) is 0 Å². The summed E-state index contributed by atoms with van der Waals surface area (Å²) in [6, 6.07) is 0. The molecule has 2 nitrogen and oxygen atoms in total. The molecule has 0 fully saturated rings. The Morgan fingerprint density at radius 3 is 3.10 bits per heavy atom. The van der Waals surface area contributed by atoms with E-state index in [9.17, 15) is 4.79 Å². The van der Waals surface area contributed by atoms with Gasteiger partial charge in [-0.25, -0.2) is 0 Å². The normalized spacial score (nSPS) is 15.1. The van der Waals surface area contributed by atoms with Crippen LogP contribution in [-0.2, 0) is 4.79 Å². The molecule has 0 saturated carbocycles. The first kappa shape index (κ1) is 7.06. The van der Waals surface area contributed by atoms with Crippen LogP contribution < -0.4 is 5.32 Å². The maximum absolute atomic E-state index is 10.8. The molecule has 54 valence electrons. The van der Waals surface area contributed by atoms with Crippen LogP contribution in [0.1, 0.15) is 12.8 Å². The molecular formula is C8H11NO. The van der Waals surface area contributed by atoms with Gasteiger partial charge in [-0.2, -0.15) is 0 Å². The summed E-state index contributed by atoms with van der Waals surface area (Å²) in [7, 11) is 1.66. The van der Waals surface area contributed by atoms with Crippen molar-refractivity contribution in [1.29, 1.82) is 0 Å². The van der Waals surface area contributed by atoms with Crippen molar-refractivity contribution in [3.05, 3.63) is 23.8 Å². The van der Waals surface area contributed by atoms with Crippen molar-refractivity contribution in [3.8, 4) is 0 Å². The summed E-state index contributed by atoms with van der Waals surface area (Å²) in [6.07, 6.45) is 7.52. The number of carbonyl (C=O) groups is 1. The molecule has 1 amide bonds. The highest BCUT2D eigenvalue weighted by atomic mass is 16.1. The standard InChI is InChI=1S/C8H11NO/c1-9-8(10)6-7-4-2-3-5-7/h2-4H,5-6H2,1H3,(H,9,10). The highest BCUT2D eigenvalue weighted by Crippen LogP contribution is 2.13. The molecular weight excluding hydrogens is 126 g/mol. The first-order valence-corrected chi connectivity index (χ1v) is 3.38. The summed E-state index contributed by atoms with van der Waals surface area (Å²) >= 11 is 0. The maximum atomic E-state index is 10.8. The summed E-state index contributed by atoms with van der Waals surface area (Å²) in [5.41, 5.74) is 1.19. The number of amides is 1. The van der Waals surface area contributed by atoms with E-state index in [2.05, 4.69) is 11.4 Å². The van der Waals surface area contributed by atoms with E-state index in [1.54, 1.807) is 7.05 Å². The highest BCUT2D eigenvalue weighted by molar-refractivity contribution is 5.78. The molecule has 10 heavy (non-hydrogen) atoms. The topological polar surface area (TPSA) is 29.1 Å². The van der Waals surface area contributed by atoms with Crippen LogP contribution in [0.5, 0.6) is 0 Å². The Morgan fingerprint density at radius 2 is 2.60 bits per heavy atom. The molecule has 0 saturated heterocycles. The zero-order valence-corrected chi connectivity index (χ0v) is 6.05.